The smallest absolute Gasteiger partial charge is 0.251 e. The number of imidazole rings is 1. The summed E-state index contributed by atoms with van der Waals surface area (Å²) in [5.41, 5.74) is 0.0723. The summed E-state index contributed by atoms with van der Waals surface area (Å²) in [4.78, 5) is 15.7. The van der Waals surface area contributed by atoms with Gasteiger partial charge in [-0.05, 0) is 18.2 Å². The predicted molar refractivity (Wildman–Crippen MR) is 60.7 cm³/mol. The summed E-state index contributed by atoms with van der Waals surface area (Å²) in [6, 6.07) is 3.01. The highest BCUT2D eigenvalue weighted by Gasteiger charge is 2.10. The second kappa shape index (κ2) is 4.95. The fraction of sp³-hybridized carbons (Fsp3) is 0.167. The van der Waals surface area contributed by atoms with Crippen molar-refractivity contribution >= 4 is 5.91 Å². The molecular weight excluding hydrogens is 240 g/mol. The Morgan fingerprint density at radius 2 is 2.17 bits per heavy atom. The SMILES string of the molecule is Cn1ccnc1CNC(=O)c1ccc(F)c(F)c1. The van der Waals surface area contributed by atoms with E-state index in [1.165, 1.54) is 6.07 Å². The van der Waals surface area contributed by atoms with Gasteiger partial charge < -0.3 is 9.88 Å². The van der Waals surface area contributed by atoms with Crippen LogP contribution in [0.1, 0.15) is 16.2 Å². The molecule has 0 aliphatic carbocycles. The number of hydrogen-bond donors (Lipinski definition) is 1. The fourth-order valence-electron chi connectivity index (χ4n) is 1.47. The summed E-state index contributed by atoms with van der Waals surface area (Å²) in [6.07, 6.45) is 3.36. The quantitative estimate of drug-likeness (QED) is 0.901. The molecule has 0 bridgehead atoms. The van der Waals surface area contributed by atoms with Gasteiger partial charge in [-0.2, -0.15) is 0 Å². The van der Waals surface area contributed by atoms with Crippen LogP contribution in [0, 0.1) is 11.6 Å². The van der Waals surface area contributed by atoms with Crippen molar-refractivity contribution in [3.8, 4) is 0 Å². The molecule has 0 aliphatic rings. The van der Waals surface area contributed by atoms with E-state index in [1.54, 1.807) is 24.0 Å². The van der Waals surface area contributed by atoms with Crippen LogP contribution in [0.5, 0.6) is 0 Å². The van der Waals surface area contributed by atoms with Crippen LogP contribution in [0.3, 0.4) is 0 Å². The van der Waals surface area contributed by atoms with Crippen molar-refractivity contribution in [2.75, 3.05) is 0 Å². The molecule has 0 spiro atoms. The Labute approximate surface area is 102 Å². The highest BCUT2D eigenvalue weighted by atomic mass is 19.2. The van der Waals surface area contributed by atoms with E-state index >= 15 is 0 Å². The summed E-state index contributed by atoms with van der Waals surface area (Å²) in [7, 11) is 1.80. The first-order valence-electron chi connectivity index (χ1n) is 5.27. The van der Waals surface area contributed by atoms with E-state index in [9.17, 15) is 13.6 Å². The van der Waals surface area contributed by atoms with Crippen molar-refractivity contribution in [3.63, 3.8) is 0 Å². The average Bonchev–Trinajstić information content (AvgIpc) is 2.75. The van der Waals surface area contributed by atoms with Crippen molar-refractivity contribution < 1.29 is 13.6 Å². The van der Waals surface area contributed by atoms with Crippen LogP contribution in [0.4, 0.5) is 8.78 Å². The monoisotopic (exact) mass is 251 g/mol. The fourth-order valence-corrected chi connectivity index (χ4v) is 1.47. The number of aryl methyl sites for hydroxylation is 1. The van der Waals surface area contributed by atoms with E-state index in [0.717, 1.165) is 12.1 Å². The molecule has 1 amide bonds. The predicted octanol–water partition coefficient (Wildman–Crippen LogP) is 1.63. The van der Waals surface area contributed by atoms with Gasteiger partial charge >= 0.3 is 0 Å². The molecule has 1 aromatic heterocycles. The number of rotatable bonds is 3. The first kappa shape index (κ1) is 12.2. The molecule has 6 heteroatoms. The molecule has 0 saturated carbocycles. The Bertz CT molecular complexity index is 580. The number of hydrogen-bond acceptors (Lipinski definition) is 2. The number of halogens is 2. The van der Waals surface area contributed by atoms with Gasteiger partial charge in [0.25, 0.3) is 5.91 Å². The molecule has 1 aromatic carbocycles. The zero-order valence-corrected chi connectivity index (χ0v) is 9.65. The maximum atomic E-state index is 12.9. The van der Waals surface area contributed by atoms with E-state index in [4.69, 9.17) is 0 Å². The zero-order valence-electron chi connectivity index (χ0n) is 9.65. The molecule has 0 saturated heterocycles. The largest absolute Gasteiger partial charge is 0.345 e. The molecule has 2 rings (SSSR count). The standard InChI is InChI=1S/C12H11F2N3O/c1-17-5-4-15-11(17)7-16-12(18)8-2-3-9(13)10(14)6-8/h2-6H,7H2,1H3,(H,16,18). The van der Waals surface area contributed by atoms with Gasteiger partial charge in [-0.15, -0.1) is 0 Å². The molecule has 94 valence electrons. The summed E-state index contributed by atoms with van der Waals surface area (Å²) < 4.78 is 27.4. The van der Waals surface area contributed by atoms with Crippen LogP contribution in [-0.2, 0) is 13.6 Å². The van der Waals surface area contributed by atoms with Gasteiger partial charge in [-0.3, -0.25) is 4.79 Å². The van der Waals surface area contributed by atoms with Crippen LogP contribution in [0.2, 0.25) is 0 Å². The van der Waals surface area contributed by atoms with E-state index in [2.05, 4.69) is 10.3 Å². The Balaban J connectivity index is 2.04. The maximum absolute atomic E-state index is 12.9. The van der Waals surface area contributed by atoms with Gasteiger partial charge in [-0.1, -0.05) is 0 Å². The molecular formula is C12H11F2N3O. The molecule has 1 N–H and O–H groups in total. The minimum atomic E-state index is -1.04. The summed E-state index contributed by atoms with van der Waals surface area (Å²) in [5, 5.41) is 2.58. The molecule has 1 heterocycles. The lowest BCUT2D eigenvalue weighted by molar-refractivity contribution is 0.0949. The number of nitrogens with one attached hydrogen (secondary N) is 1. The zero-order chi connectivity index (χ0) is 13.1. The van der Waals surface area contributed by atoms with Gasteiger partial charge in [0.1, 0.15) is 5.82 Å². The van der Waals surface area contributed by atoms with Crippen LogP contribution in [-0.4, -0.2) is 15.5 Å². The highest BCUT2D eigenvalue weighted by molar-refractivity contribution is 5.94. The topological polar surface area (TPSA) is 46.9 Å². The van der Waals surface area contributed by atoms with Crippen LogP contribution in [0.25, 0.3) is 0 Å². The van der Waals surface area contributed by atoms with Gasteiger partial charge in [-0.25, -0.2) is 13.8 Å². The van der Waals surface area contributed by atoms with Gasteiger partial charge in [0.2, 0.25) is 0 Å². The van der Waals surface area contributed by atoms with Crippen molar-refractivity contribution in [3.05, 3.63) is 53.6 Å². The Hall–Kier alpha value is -2.24. The van der Waals surface area contributed by atoms with Gasteiger partial charge in [0.15, 0.2) is 11.6 Å². The summed E-state index contributed by atoms with van der Waals surface area (Å²) in [6.45, 7) is 0.224. The lowest BCUT2D eigenvalue weighted by atomic mass is 10.2. The second-order valence-electron chi connectivity index (χ2n) is 3.77. The summed E-state index contributed by atoms with van der Waals surface area (Å²) in [5.74, 6) is -1.82. The number of aromatic nitrogens is 2. The number of benzene rings is 1. The number of amides is 1. The molecule has 18 heavy (non-hydrogen) atoms. The van der Waals surface area contributed by atoms with Gasteiger partial charge in [0.05, 0.1) is 6.54 Å². The van der Waals surface area contributed by atoms with Crippen molar-refractivity contribution in [1.29, 1.82) is 0 Å². The highest BCUT2D eigenvalue weighted by Crippen LogP contribution is 2.08. The Kier molecular flexibility index (Phi) is 3.36. The first-order valence-corrected chi connectivity index (χ1v) is 5.27. The molecule has 0 aliphatic heterocycles. The Morgan fingerprint density at radius 1 is 1.39 bits per heavy atom. The van der Waals surface area contributed by atoms with Crippen molar-refractivity contribution in [2.45, 2.75) is 6.54 Å². The normalized spacial score (nSPS) is 10.4. The van der Waals surface area contributed by atoms with E-state index in [-0.39, 0.29) is 12.1 Å². The third-order valence-corrected chi connectivity index (χ3v) is 2.51. The van der Waals surface area contributed by atoms with Gasteiger partial charge in [0, 0.05) is 25.0 Å². The van der Waals surface area contributed by atoms with Crippen molar-refractivity contribution in [2.24, 2.45) is 7.05 Å². The summed E-state index contributed by atoms with van der Waals surface area (Å²) >= 11 is 0. The number of carbonyl (C=O) groups is 1. The lowest BCUT2D eigenvalue weighted by Gasteiger charge is -2.05. The molecule has 2 aromatic rings. The number of nitrogens with zero attached hydrogens (tertiary/aromatic N) is 2. The molecule has 0 radical (unpaired) electrons. The maximum Gasteiger partial charge on any atom is 0.251 e. The Morgan fingerprint density at radius 3 is 2.78 bits per heavy atom. The molecule has 0 fully saturated rings. The van der Waals surface area contributed by atoms with E-state index in [0.29, 0.717) is 5.82 Å². The first-order chi connectivity index (χ1) is 8.58. The average molecular weight is 251 g/mol. The number of carbonyl (C=O) groups excluding carboxylic acids is 1. The molecule has 0 unspecified atom stereocenters. The van der Waals surface area contributed by atoms with Crippen LogP contribution >= 0.6 is 0 Å². The lowest BCUT2D eigenvalue weighted by Crippen LogP contribution is -2.24. The molecule has 4 nitrogen and oxygen atoms in total. The van der Waals surface area contributed by atoms with Crippen molar-refractivity contribution in [1.82, 2.24) is 14.9 Å². The minimum absolute atomic E-state index is 0.0723. The second-order valence-corrected chi connectivity index (χ2v) is 3.77. The minimum Gasteiger partial charge on any atom is -0.345 e. The molecule has 0 atom stereocenters. The third-order valence-electron chi connectivity index (χ3n) is 2.51. The van der Waals surface area contributed by atoms with Crippen LogP contribution < -0.4 is 5.32 Å². The van der Waals surface area contributed by atoms with Crippen LogP contribution in [0.15, 0.2) is 30.6 Å². The van der Waals surface area contributed by atoms with E-state index in [1.807, 2.05) is 0 Å². The van der Waals surface area contributed by atoms with E-state index < -0.39 is 17.5 Å². The third kappa shape index (κ3) is 2.53.